The van der Waals surface area contributed by atoms with Crippen LogP contribution in [0.1, 0.15) is 41.3 Å². The number of nitrogens with two attached hydrogens (primary N) is 1. The lowest BCUT2D eigenvalue weighted by molar-refractivity contribution is 0.0948. The van der Waals surface area contributed by atoms with Crippen molar-refractivity contribution in [3.8, 4) is 0 Å². The van der Waals surface area contributed by atoms with E-state index < -0.39 is 0 Å². The first-order chi connectivity index (χ1) is 8.70. The molecule has 0 radical (unpaired) electrons. The molecule has 1 atom stereocenters. The highest BCUT2D eigenvalue weighted by molar-refractivity contribution is 5.94. The molecule has 1 amide bonds. The number of carbonyl (C=O) groups is 1. The van der Waals surface area contributed by atoms with Gasteiger partial charge >= 0.3 is 0 Å². The molecule has 0 fully saturated rings. The van der Waals surface area contributed by atoms with Gasteiger partial charge in [-0.05, 0) is 61.4 Å². The molecular weight excluding hydrogens is 224 g/mol. The fourth-order valence-electron chi connectivity index (χ4n) is 2.33. The Labute approximate surface area is 109 Å². The molecule has 1 aliphatic carbocycles. The van der Waals surface area contributed by atoms with Crippen LogP contribution in [0.2, 0.25) is 0 Å². The van der Waals surface area contributed by atoms with Crippen LogP contribution in [0.3, 0.4) is 0 Å². The molecule has 1 aromatic carbocycles. The Balaban J connectivity index is 2.02. The number of amides is 1. The zero-order valence-electron chi connectivity index (χ0n) is 11.0. The van der Waals surface area contributed by atoms with Crippen LogP contribution in [0.4, 0.5) is 0 Å². The molecule has 3 N–H and O–H groups in total. The van der Waals surface area contributed by atoms with E-state index >= 15 is 0 Å². The molecule has 1 unspecified atom stereocenters. The minimum Gasteiger partial charge on any atom is -0.352 e. The molecule has 0 aliphatic heterocycles. The van der Waals surface area contributed by atoms with Crippen molar-refractivity contribution in [3.05, 3.63) is 34.9 Å². The van der Waals surface area contributed by atoms with Gasteiger partial charge in [-0.15, -0.1) is 0 Å². The summed E-state index contributed by atoms with van der Waals surface area (Å²) in [5.74, 6) is 0.343. The van der Waals surface area contributed by atoms with Gasteiger partial charge in [0.15, 0.2) is 0 Å². The van der Waals surface area contributed by atoms with Crippen molar-refractivity contribution in [1.29, 1.82) is 0 Å². The minimum atomic E-state index is 0.0173. The van der Waals surface area contributed by atoms with Crippen LogP contribution in [0.5, 0.6) is 0 Å². The first-order valence-electron chi connectivity index (χ1n) is 6.80. The normalized spacial score (nSPS) is 15.9. The molecule has 0 spiro atoms. The molecule has 98 valence electrons. The van der Waals surface area contributed by atoms with E-state index in [9.17, 15) is 4.79 Å². The topological polar surface area (TPSA) is 55.1 Å². The summed E-state index contributed by atoms with van der Waals surface area (Å²) in [7, 11) is 0. The van der Waals surface area contributed by atoms with Crippen molar-refractivity contribution >= 4 is 5.91 Å². The third-order valence-corrected chi connectivity index (χ3v) is 3.62. The SMILES string of the molecule is CC(CN)CNC(=O)c1ccc2c(c1)CCCC2. The Morgan fingerprint density at radius 3 is 2.78 bits per heavy atom. The van der Waals surface area contributed by atoms with Gasteiger partial charge in [0.05, 0.1) is 0 Å². The zero-order valence-corrected chi connectivity index (χ0v) is 11.0. The second kappa shape index (κ2) is 6.01. The van der Waals surface area contributed by atoms with Gasteiger partial charge in [0.1, 0.15) is 0 Å². The molecular formula is C15H22N2O. The van der Waals surface area contributed by atoms with E-state index in [2.05, 4.69) is 17.4 Å². The molecule has 0 bridgehead atoms. The number of hydrogen-bond acceptors (Lipinski definition) is 2. The number of nitrogens with one attached hydrogen (secondary N) is 1. The highest BCUT2D eigenvalue weighted by Gasteiger charge is 2.13. The van der Waals surface area contributed by atoms with Gasteiger partial charge in [0.2, 0.25) is 0 Å². The van der Waals surface area contributed by atoms with Gasteiger partial charge in [-0.25, -0.2) is 0 Å². The third-order valence-electron chi connectivity index (χ3n) is 3.62. The van der Waals surface area contributed by atoms with Crippen LogP contribution in [0, 0.1) is 5.92 Å². The summed E-state index contributed by atoms with van der Waals surface area (Å²) in [6.07, 6.45) is 4.77. The van der Waals surface area contributed by atoms with Crippen molar-refractivity contribution in [2.45, 2.75) is 32.6 Å². The standard InChI is InChI=1S/C15H22N2O/c1-11(9-16)10-17-15(18)14-7-6-12-4-2-3-5-13(12)8-14/h6-8,11H,2-5,9-10,16H2,1H3,(H,17,18). The number of benzene rings is 1. The molecule has 1 aliphatic rings. The van der Waals surface area contributed by atoms with E-state index in [1.54, 1.807) is 0 Å². The Morgan fingerprint density at radius 2 is 2.06 bits per heavy atom. The van der Waals surface area contributed by atoms with Crippen molar-refractivity contribution in [2.24, 2.45) is 11.7 Å². The van der Waals surface area contributed by atoms with Gasteiger partial charge in [-0.1, -0.05) is 13.0 Å². The quantitative estimate of drug-likeness (QED) is 0.852. The van der Waals surface area contributed by atoms with Crippen LogP contribution < -0.4 is 11.1 Å². The number of rotatable bonds is 4. The summed E-state index contributed by atoms with van der Waals surface area (Å²) in [6.45, 7) is 3.28. The monoisotopic (exact) mass is 246 g/mol. The van der Waals surface area contributed by atoms with Crippen LogP contribution >= 0.6 is 0 Å². The van der Waals surface area contributed by atoms with Crippen LogP contribution in [0.25, 0.3) is 0 Å². The average Bonchev–Trinajstić information content (AvgIpc) is 2.43. The van der Waals surface area contributed by atoms with E-state index in [1.165, 1.54) is 24.0 Å². The molecule has 0 heterocycles. The van der Waals surface area contributed by atoms with E-state index in [4.69, 9.17) is 5.73 Å². The Kier molecular flexibility index (Phi) is 4.37. The maximum Gasteiger partial charge on any atom is 0.251 e. The first kappa shape index (κ1) is 13.1. The second-order valence-electron chi connectivity index (χ2n) is 5.24. The van der Waals surface area contributed by atoms with Gasteiger partial charge in [0.25, 0.3) is 5.91 Å². The number of carbonyl (C=O) groups excluding carboxylic acids is 1. The van der Waals surface area contributed by atoms with Crippen LogP contribution in [0.15, 0.2) is 18.2 Å². The summed E-state index contributed by atoms with van der Waals surface area (Å²) >= 11 is 0. The summed E-state index contributed by atoms with van der Waals surface area (Å²) in [5, 5.41) is 2.94. The molecule has 3 heteroatoms. The van der Waals surface area contributed by atoms with Crippen molar-refractivity contribution in [3.63, 3.8) is 0 Å². The molecule has 2 rings (SSSR count). The third kappa shape index (κ3) is 3.10. The average molecular weight is 246 g/mol. The van der Waals surface area contributed by atoms with Crippen LogP contribution in [-0.2, 0) is 12.8 Å². The highest BCUT2D eigenvalue weighted by Crippen LogP contribution is 2.22. The van der Waals surface area contributed by atoms with Gasteiger partial charge in [-0.3, -0.25) is 4.79 Å². The highest BCUT2D eigenvalue weighted by atomic mass is 16.1. The Morgan fingerprint density at radius 1 is 1.33 bits per heavy atom. The second-order valence-corrected chi connectivity index (χ2v) is 5.24. The number of fused-ring (bicyclic) bond motifs is 1. The molecule has 0 aromatic heterocycles. The van der Waals surface area contributed by atoms with Gasteiger partial charge < -0.3 is 11.1 Å². The van der Waals surface area contributed by atoms with Gasteiger partial charge in [0, 0.05) is 12.1 Å². The van der Waals surface area contributed by atoms with Crippen LogP contribution in [-0.4, -0.2) is 19.0 Å². The predicted octanol–water partition coefficient (Wildman–Crippen LogP) is 1.89. The van der Waals surface area contributed by atoms with E-state index in [1.807, 2.05) is 13.0 Å². The lowest BCUT2D eigenvalue weighted by Crippen LogP contribution is -2.31. The zero-order chi connectivity index (χ0) is 13.0. The van der Waals surface area contributed by atoms with E-state index in [-0.39, 0.29) is 5.91 Å². The molecule has 0 saturated heterocycles. The van der Waals surface area contributed by atoms with Crippen molar-refractivity contribution in [2.75, 3.05) is 13.1 Å². The number of aryl methyl sites for hydroxylation is 2. The fourth-order valence-corrected chi connectivity index (χ4v) is 2.33. The minimum absolute atomic E-state index is 0.0173. The van der Waals surface area contributed by atoms with E-state index in [0.717, 1.165) is 18.4 Å². The molecule has 1 aromatic rings. The lowest BCUT2D eigenvalue weighted by atomic mass is 9.90. The number of hydrogen-bond donors (Lipinski definition) is 2. The fraction of sp³-hybridized carbons (Fsp3) is 0.533. The molecule has 0 saturated carbocycles. The Hall–Kier alpha value is -1.35. The summed E-state index contributed by atoms with van der Waals surface area (Å²) in [6, 6.07) is 6.10. The Bertz CT molecular complexity index is 429. The van der Waals surface area contributed by atoms with Gasteiger partial charge in [-0.2, -0.15) is 0 Å². The smallest absolute Gasteiger partial charge is 0.251 e. The summed E-state index contributed by atoms with van der Waals surface area (Å²) in [4.78, 5) is 12.0. The molecule has 18 heavy (non-hydrogen) atoms. The maximum atomic E-state index is 12.0. The predicted molar refractivity (Wildman–Crippen MR) is 73.6 cm³/mol. The molecule has 3 nitrogen and oxygen atoms in total. The van der Waals surface area contributed by atoms with E-state index in [0.29, 0.717) is 19.0 Å². The van der Waals surface area contributed by atoms with Crippen molar-refractivity contribution < 1.29 is 4.79 Å². The van der Waals surface area contributed by atoms with Crippen molar-refractivity contribution in [1.82, 2.24) is 5.32 Å². The summed E-state index contributed by atoms with van der Waals surface area (Å²) in [5.41, 5.74) is 9.07. The maximum absolute atomic E-state index is 12.0. The largest absolute Gasteiger partial charge is 0.352 e. The lowest BCUT2D eigenvalue weighted by Gasteiger charge is -2.17. The first-order valence-corrected chi connectivity index (χ1v) is 6.80. The summed E-state index contributed by atoms with van der Waals surface area (Å²) < 4.78 is 0.